The molecule has 2 heterocycles. The van der Waals surface area contributed by atoms with Crippen LogP contribution in [0.4, 0.5) is 20.7 Å². The second-order valence-corrected chi connectivity index (χ2v) is 16.5. The van der Waals surface area contributed by atoms with Gasteiger partial charge in [-0.25, -0.2) is 19.2 Å². The van der Waals surface area contributed by atoms with Crippen molar-refractivity contribution in [3.63, 3.8) is 0 Å². The first-order valence-corrected chi connectivity index (χ1v) is 16.2. The van der Waals surface area contributed by atoms with E-state index in [0.717, 1.165) is 22.9 Å². The summed E-state index contributed by atoms with van der Waals surface area (Å²) in [4.78, 5) is 23.0. The van der Waals surface area contributed by atoms with E-state index in [1.165, 1.54) is 6.33 Å². The van der Waals surface area contributed by atoms with E-state index in [2.05, 4.69) is 46.4 Å². The number of amides is 1. The number of halogens is 2. The maximum atomic E-state index is 15.4. The van der Waals surface area contributed by atoms with Gasteiger partial charge in [0.25, 0.3) is 0 Å². The number of aromatic nitrogens is 2. The predicted octanol–water partition coefficient (Wildman–Crippen LogP) is 7.12. The molecule has 1 saturated heterocycles. The Kier molecular flexibility index (Phi) is 7.49. The van der Waals surface area contributed by atoms with E-state index in [0.29, 0.717) is 18.9 Å². The molecule has 2 aromatic carbocycles. The normalized spacial score (nSPS) is 15.9. The summed E-state index contributed by atoms with van der Waals surface area (Å²) in [7, 11) is -1.72. The van der Waals surface area contributed by atoms with Crippen LogP contribution in [0.25, 0.3) is 10.9 Å². The lowest BCUT2D eigenvalue weighted by Gasteiger charge is -2.24. The zero-order valence-electron chi connectivity index (χ0n) is 22.1. The summed E-state index contributed by atoms with van der Waals surface area (Å²) in [5.41, 5.74) is 4.86. The maximum Gasteiger partial charge on any atom is 0.410 e. The second kappa shape index (κ2) is 10.3. The minimum absolute atomic E-state index is 0.153. The van der Waals surface area contributed by atoms with Crippen molar-refractivity contribution in [3.05, 3.63) is 58.6 Å². The lowest BCUT2D eigenvalue weighted by atomic mass is 9.97. The van der Waals surface area contributed by atoms with Gasteiger partial charge in [0, 0.05) is 24.4 Å². The Hall–Kier alpha value is -3.15. The van der Waals surface area contributed by atoms with Crippen LogP contribution in [0.2, 0.25) is 24.7 Å². The van der Waals surface area contributed by atoms with Gasteiger partial charge in [-0.15, -0.1) is 5.54 Å². The van der Waals surface area contributed by atoms with Crippen LogP contribution in [0.1, 0.15) is 44.2 Å². The smallest absolute Gasteiger partial charge is 0.410 e. The Morgan fingerprint density at radius 3 is 2.68 bits per heavy atom. The molecule has 0 spiro atoms. The van der Waals surface area contributed by atoms with E-state index < -0.39 is 19.5 Å². The molecule has 4 rings (SSSR count). The molecule has 3 aromatic rings. The summed E-state index contributed by atoms with van der Waals surface area (Å²) >= 11 is 6.27. The van der Waals surface area contributed by atoms with Gasteiger partial charge in [0.15, 0.2) is 5.82 Å². The van der Waals surface area contributed by atoms with Gasteiger partial charge in [-0.2, -0.15) is 0 Å². The third kappa shape index (κ3) is 6.59. The van der Waals surface area contributed by atoms with Crippen molar-refractivity contribution in [2.75, 3.05) is 18.4 Å². The number of carbonyl (C=O) groups is 1. The molecule has 1 atom stereocenters. The van der Waals surface area contributed by atoms with Gasteiger partial charge in [-0.1, -0.05) is 43.2 Å². The first-order chi connectivity index (χ1) is 17.3. The molecule has 0 aliphatic carbocycles. The molecule has 0 saturated carbocycles. The summed E-state index contributed by atoms with van der Waals surface area (Å²) in [6.45, 7) is 13.1. The van der Waals surface area contributed by atoms with E-state index in [9.17, 15) is 4.79 Å². The Labute approximate surface area is 223 Å². The number of hydrogen-bond donors (Lipinski definition) is 1. The zero-order chi connectivity index (χ0) is 27.0. The average molecular weight is 539 g/mol. The number of benzene rings is 2. The van der Waals surface area contributed by atoms with Crippen molar-refractivity contribution in [1.29, 1.82) is 0 Å². The molecule has 194 valence electrons. The first-order valence-electron chi connectivity index (χ1n) is 12.3. The topological polar surface area (TPSA) is 67.3 Å². The molecule has 1 aromatic heterocycles. The summed E-state index contributed by atoms with van der Waals surface area (Å²) in [6.07, 6.45) is 1.98. The molecule has 1 unspecified atom stereocenters. The van der Waals surface area contributed by atoms with Crippen molar-refractivity contribution >= 4 is 48.2 Å². The Morgan fingerprint density at radius 2 is 1.97 bits per heavy atom. The van der Waals surface area contributed by atoms with E-state index in [1.54, 1.807) is 17.0 Å². The van der Waals surface area contributed by atoms with Gasteiger partial charge in [0.05, 0.1) is 21.8 Å². The Balaban J connectivity index is 1.62. The number of likely N-dealkylation sites (tertiary alicyclic amines) is 1. The minimum atomic E-state index is -1.72. The van der Waals surface area contributed by atoms with E-state index >= 15 is 4.39 Å². The Bertz CT molecular complexity index is 1410. The fourth-order valence-electron chi connectivity index (χ4n) is 4.09. The summed E-state index contributed by atoms with van der Waals surface area (Å²) in [5, 5.41) is 4.17. The number of hydrogen-bond acceptors (Lipinski definition) is 5. The van der Waals surface area contributed by atoms with Crippen molar-refractivity contribution in [3.8, 4) is 11.5 Å². The SMILES string of the molecule is CC(C)(C)OC(=O)N1CCC(c2ccc3ncnc(Nc4ccc(Cl)c(C#C[Si](C)(C)C)c4F)c3c2)C1. The molecule has 0 radical (unpaired) electrons. The highest BCUT2D eigenvalue weighted by Crippen LogP contribution is 2.33. The summed E-state index contributed by atoms with van der Waals surface area (Å²) in [5.74, 6) is 3.08. The van der Waals surface area contributed by atoms with Crippen LogP contribution in [0, 0.1) is 17.3 Å². The number of nitrogens with one attached hydrogen (secondary N) is 1. The average Bonchev–Trinajstić information content (AvgIpc) is 3.29. The second-order valence-electron chi connectivity index (χ2n) is 11.3. The van der Waals surface area contributed by atoms with Crippen LogP contribution in [-0.4, -0.2) is 47.7 Å². The molecule has 0 bridgehead atoms. The molecule has 6 nitrogen and oxygen atoms in total. The van der Waals surface area contributed by atoms with Crippen LogP contribution in [-0.2, 0) is 4.74 Å². The predicted molar refractivity (Wildman–Crippen MR) is 150 cm³/mol. The largest absolute Gasteiger partial charge is 0.444 e. The molecule has 1 amide bonds. The van der Waals surface area contributed by atoms with Crippen molar-refractivity contribution in [2.45, 2.75) is 58.4 Å². The number of fused-ring (bicyclic) bond motifs is 1. The molecule has 37 heavy (non-hydrogen) atoms. The monoisotopic (exact) mass is 538 g/mol. The molecular formula is C28H32ClFN4O2Si. The highest BCUT2D eigenvalue weighted by Gasteiger charge is 2.30. The highest BCUT2D eigenvalue weighted by atomic mass is 35.5. The molecule has 1 aliphatic heterocycles. The molecule has 1 N–H and O–H groups in total. The molecule has 1 aliphatic rings. The minimum Gasteiger partial charge on any atom is -0.444 e. The van der Waals surface area contributed by atoms with Crippen LogP contribution in [0.15, 0.2) is 36.7 Å². The van der Waals surface area contributed by atoms with Crippen molar-refractivity contribution in [1.82, 2.24) is 14.9 Å². The van der Waals surface area contributed by atoms with Crippen LogP contribution >= 0.6 is 11.6 Å². The van der Waals surface area contributed by atoms with Crippen LogP contribution in [0.5, 0.6) is 0 Å². The first kappa shape index (κ1) is 26.9. The fraction of sp³-hybridized carbons (Fsp3) is 0.393. The summed E-state index contributed by atoms with van der Waals surface area (Å²) < 4.78 is 21.0. The number of carbonyl (C=O) groups excluding carboxylic acids is 1. The highest BCUT2D eigenvalue weighted by molar-refractivity contribution is 6.83. The third-order valence-corrected chi connectivity index (χ3v) is 7.07. The maximum absolute atomic E-state index is 15.4. The third-order valence-electron chi connectivity index (χ3n) is 5.88. The fourth-order valence-corrected chi connectivity index (χ4v) is 4.79. The zero-order valence-corrected chi connectivity index (χ0v) is 23.8. The lowest BCUT2D eigenvalue weighted by Crippen LogP contribution is -2.35. The standard InChI is InChI=1S/C28H32ClFN4O2Si/c1-28(2,3)36-27(35)34-13-11-19(16-34)18-7-9-23-21(15-18)26(32-17-31-23)33-24-10-8-22(29)20(25(24)30)12-14-37(4,5)6/h7-10,15,17,19H,11,13,16H2,1-6H3,(H,31,32,33). The van der Waals surface area contributed by atoms with Crippen LogP contribution < -0.4 is 5.32 Å². The van der Waals surface area contributed by atoms with E-state index in [-0.39, 0.29) is 28.3 Å². The number of ether oxygens (including phenoxy) is 1. The van der Waals surface area contributed by atoms with Gasteiger partial charge < -0.3 is 15.0 Å². The van der Waals surface area contributed by atoms with Gasteiger partial charge >= 0.3 is 6.09 Å². The van der Waals surface area contributed by atoms with Gasteiger partial charge in [-0.05, 0) is 57.0 Å². The lowest BCUT2D eigenvalue weighted by molar-refractivity contribution is 0.0292. The van der Waals surface area contributed by atoms with Crippen LogP contribution in [0.3, 0.4) is 0 Å². The van der Waals surface area contributed by atoms with Gasteiger partial charge in [0.2, 0.25) is 0 Å². The summed E-state index contributed by atoms with van der Waals surface area (Å²) in [6, 6.07) is 9.19. The van der Waals surface area contributed by atoms with E-state index in [4.69, 9.17) is 16.3 Å². The molecule has 9 heteroatoms. The quantitative estimate of drug-likeness (QED) is 0.284. The number of rotatable bonds is 3. The van der Waals surface area contributed by atoms with Gasteiger partial charge in [-0.3, -0.25) is 0 Å². The number of nitrogens with zero attached hydrogens (tertiary/aromatic N) is 3. The van der Waals surface area contributed by atoms with Gasteiger partial charge in [0.1, 0.15) is 25.8 Å². The molecular weight excluding hydrogens is 507 g/mol. The number of anilines is 2. The Morgan fingerprint density at radius 1 is 1.22 bits per heavy atom. The van der Waals surface area contributed by atoms with Crippen molar-refractivity contribution in [2.24, 2.45) is 0 Å². The van der Waals surface area contributed by atoms with E-state index in [1.807, 2.05) is 39.0 Å². The van der Waals surface area contributed by atoms with Crippen molar-refractivity contribution < 1.29 is 13.9 Å². The molecule has 1 fully saturated rings.